The minimum Gasteiger partial charge on any atom is -0.234 e. The van der Waals surface area contributed by atoms with Crippen LogP contribution >= 0.6 is 12.8 Å². The SMILES string of the molecule is CS(=O)(=O)N1CCC2=NN(S)C(c3ccc(C(F)(F)F)cc3)[C@@H]2C1. The first-order chi connectivity index (χ1) is 11.1. The van der Waals surface area contributed by atoms with Gasteiger partial charge in [-0.2, -0.15) is 18.3 Å². The summed E-state index contributed by atoms with van der Waals surface area (Å²) in [5.74, 6) is -0.220. The van der Waals surface area contributed by atoms with E-state index in [4.69, 9.17) is 0 Å². The van der Waals surface area contributed by atoms with Crippen molar-refractivity contribution in [2.45, 2.75) is 18.6 Å². The first-order valence-corrected chi connectivity index (χ1v) is 9.50. The molecule has 2 aliphatic heterocycles. The number of halogens is 3. The zero-order valence-electron chi connectivity index (χ0n) is 12.7. The van der Waals surface area contributed by atoms with E-state index in [0.29, 0.717) is 18.5 Å². The van der Waals surface area contributed by atoms with Gasteiger partial charge in [0.25, 0.3) is 0 Å². The smallest absolute Gasteiger partial charge is 0.234 e. The van der Waals surface area contributed by atoms with Crippen LogP contribution in [0.5, 0.6) is 0 Å². The minimum atomic E-state index is -4.39. The first-order valence-electron chi connectivity index (χ1n) is 7.25. The van der Waals surface area contributed by atoms with Crippen LogP contribution in [0.15, 0.2) is 29.4 Å². The topological polar surface area (TPSA) is 53.0 Å². The van der Waals surface area contributed by atoms with Crippen LogP contribution in [0.1, 0.15) is 23.6 Å². The molecule has 0 amide bonds. The monoisotopic (exact) mass is 379 g/mol. The molecule has 0 N–H and O–H groups in total. The number of fused-ring (bicyclic) bond motifs is 1. The molecule has 0 aliphatic carbocycles. The van der Waals surface area contributed by atoms with E-state index in [1.54, 1.807) is 0 Å². The van der Waals surface area contributed by atoms with Crippen LogP contribution in [0.2, 0.25) is 0 Å². The Labute approximate surface area is 143 Å². The normalized spacial score (nSPS) is 25.5. The number of hydrogen-bond donors (Lipinski definition) is 1. The van der Waals surface area contributed by atoms with E-state index in [1.807, 2.05) is 0 Å². The Bertz CT molecular complexity index is 762. The fourth-order valence-electron chi connectivity index (χ4n) is 3.14. The molecule has 0 spiro atoms. The molecule has 0 radical (unpaired) electrons. The van der Waals surface area contributed by atoms with Crippen LogP contribution in [0.25, 0.3) is 0 Å². The Morgan fingerprint density at radius 1 is 1.25 bits per heavy atom. The minimum absolute atomic E-state index is 0.220. The average Bonchev–Trinajstić information content (AvgIpc) is 2.80. The van der Waals surface area contributed by atoms with E-state index in [1.165, 1.54) is 20.9 Å². The second kappa shape index (κ2) is 5.92. The van der Waals surface area contributed by atoms with Crippen molar-refractivity contribution in [2.24, 2.45) is 11.0 Å². The van der Waals surface area contributed by atoms with Gasteiger partial charge < -0.3 is 0 Å². The molecule has 1 saturated heterocycles. The van der Waals surface area contributed by atoms with Gasteiger partial charge in [0.1, 0.15) is 0 Å². The lowest BCUT2D eigenvalue weighted by atomic mass is 9.87. The molecular formula is C14H16F3N3O2S2. The van der Waals surface area contributed by atoms with Gasteiger partial charge in [-0.3, -0.25) is 0 Å². The molecule has 1 aromatic rings. The maximum atomic E-state index is 12.7. The summed E-state index contributed by atoms with van der Waals surface area (Å²) in [6.45, 7) is 0.607. The fraction of sp³-hybridized carbons (Fsp3) is 0.500. The molecule has 2 aliphatic rings. The fourth-order valence-corrected chi connectivity index (χ4v) is 4.40. The highest BCUT2D eigenvalue weighted by Gasteiger charge is 2.42. The molecule has 10 heteroatoms. The highest BCUT2D eigenvalue weighted by Crippen LogP contribution is 2.41. The van der Waals surface area contributed by atoms with Gasteiger partial charge in [0, 0.05) is 31.1 Å². The lowest BCUT2D eigenvalue weighted by Crippen LogP contribution is -2.44. The van der Waals surface area contributed by atoms with Gasteiger partial charge in [-0.25, -0.2) is 17.1 Å². The molecule has 132 valence electrons. The number of rotatable bonds is 2. The first kappa shape index (κ1) is 17.6. The quantitative estimate of drug-likeness (QED) is 0.804. The number of alkyl halides is 3. The second-order valence-electron chi connectivity index (χ2n) is 5.95. The summed E-state index contributed by atoms with van der Waals surface area (Å²) in [7, 11) is -3.33. The number of hydrogen-bond acceptors (Lipinski definition) is 5. The van der Waals surface area contributed by atoms with Crippen molar-refractivity contribution in [3.8, 4) is 0 Å². The Hall–Kier alpha value is -1.26. The zero-order valence-corrected chi connectivity index (χ0v) is 14.4. The van der Waals surface area contributed by atoms with Crippen LogP contribution < -0.4 is 0 Å². The van der Waals surface area contributed by atoms with Crippen LogP contribution in [0.4, 0.5) is 13.2 Å². The molecule has 0 saturated carbocycles. The highest BCUT2D eigenvalue weighted by molar-refractivity contribution is 7.88. The number of piperidine rings is 1. The predicted molar refractivity (Wildman–Crippen MR) is 87.0 cm³/mol. The maximum Gasteiger partial charge on any atom is 0.416 e. The molecule has 1 unspecified atom stereocenters. The summed E-state index contributed by atoms with van der Waals surface area (Å²) in [6.07, 6.45) is -2.75. The zero-order chi connectivity index (χ0) is 17.7. The van der Waals surface area contributed by atoms with E-state index in [2.05, 4.69) is 17.9 Å². The van der Waals surface area contributed by atoms with Crippen molar-refractivity contribution in [1.82, 2.24) is 8.72 Å². The van der Waals surface area contributed by atoms with Gasteiger partial charge in [-0.1, -0.05) is 12.1 Å². The van der Waals surface area contributed by atoms with Crippen LogP contribution in [-0.4, -0.2) is 42.2 Å². The highest BCUT2D eigenvalue weighted by atomic mass is 32.2. The van der Waals surface area contributed by atoms with Crippen LogP contribution in [-0.2, 0) is 16.2 Å². The van der Waals surface area contributed by atoms with Gasteiger partial charge in [0.15, 0.2) is 0 Å². The summed E-state index contributed by atoms with van der Waals surface area (Å²) in [4.78, 5) is 0. The lowest BCUT2D eigenvalue weighted by Gasteiger charge is -2.33. The van der Waals surface area contributed by atoms with Crippen molar-refractivity contribution >= 4 is 28.5 Å². The van der Waals surface area contributed by atoms with Crippen molar-refractivity contribution in [1.29, 1.82) is 0 Å². The average molecular weight is 379 g/mol. The number of sulfonamides is 1. The molecule has 24 heavy (non-hydrogen) atoms. The third-order valence-corrected chi connectivity index (χ3v) is 5.96. The summed E-state index contributed by atoms with van der Waals surface area (Å²) >= 11 is 4.29. The number of hydrazone groups is 1. The summed E-state index contributed by atoms with van der Waals surface area (Å²) in [5.41, 5.74) is 0.726. The third kappa shape index (κ3) is 3.27. The number of benzene rings is 1. The van der Waals surface area contributed by atoms with Gasteiger partial charge in [0.05, 0.1) is 17.9 Å². The Kier molecular flexibility index (Phi) is 4.33. The van der Waals surface area contributed by atoms with E-state index in [-0.39, 0.29) is 12.5 Å². The molecule has 1 aromatic carbocycles. The largest absolute Gasteiger partial charge is 0.416 e. The van der Waals surface area contributed by atoms with E-state index in [9.17, 15) is 21.6 Å². The van der Waals surface area contributed by atoms with E-state index < -0.39 is 27.8 Å². The third-order valence-electron chi connectivity index (χ3n) is 4.36. The van der Waals surface area contributed by atoms with Crippen molar-refractivity contribution in [3.05, 3.63) is 35.4 Å². The Balaban J connectivity index is 1.88. The standard InChI is InChI=1S/C14H16F3N3O2S2/c1-24(21,22)19-7-6-12-11(8-19)13(20(23)18-12)9-2-4-10(5-3-9)14(15,16)17/h2-5,11,13,23H,6-8H2,1H3/t11-,13?/m1/s1. The number of thiol groups is 1. The summed E-state index contributed by atoms with van der Waals surface area (Å²) in [6, 6.07) is 4.44. The summed E-state index contributed by atoms with van der Waals surface area (Å²) < 4.78 is 64.5. The Morgan fingerprint density at radius 3 is 2.42 bits per heavy atom. The van der Waals surface area contributed by atoms with E-state index >= 15 is 0 Å². The molecule has 3 rings (SSSR count). The molecular weight excluding hydrogens is 363 g/mol. The molecule has 5 nitrogen and oxygen atoms in total. The van der Waals surface area contributed by atoms with Gasteiger partial charge in [-0.05, 0) is 30.5 Å². The molecule has 0 aromatic heterocycles. The predicted octanol–water partition coefficient (Wildman–Crippen LogP) is 2.54. The molecule has 1 fully saturated rings. The maximum absolute atomic E-state index is 12.7. The van der Waals surface area contributed by atoms with Crippen molar-refractivity contribution < 1.29 is 21.6 Å². The van der Waals surface area contributed by atoms with Crippen LogP contribution in [0.3, 0.4) is 0 Å². The number of nitrogens with zero attached hydrogens (tertiary/aromatic N) is 3. The molecule has 0 bridgehead atoms. The van der Waals surface area contributed by atoms with E-state index in [0.717, 1.165) is 24.1 Å². The van der Waals surface area contributed by atoms with Crippen molar-refractivity contribution in [3.63, 3.8) is 0 Å². The second-order valence-corrected chi connectivity index (χ2v) is 8.35. The van der Waals surface area contributed by atoms with Gasteiger partial charge >= 0.3 is 6.18 Å². The van der Waals surface area contributed by atoms with Crippen molar-refractivity contribution in [2.75, 3.05) is 19.3 Å². The van der Waals surface area contributed by atoms with Gasteiger partial charge in [-0.15, -0.1) is 0 Å². The van der Waals surface area contributed by atoms with Gasteiger partial charge in [0.2, 0.25) is 10.0 Å². The molecule has 2 atom stereocenters. The summed E-state index contributed by atoms with van der Waals surface area (Å²) in [5, 5.41) is 4.33. The van der Waals surface area contributed by atoms with Crippen LogP contribution in [0, 0.1) is 5.92 Å². The Morgan fingerprint density at radius 2 is 1.88 bits per heavy atom. The molecule has 2 heterocycles. The lowest BCUT2D eigenvalue weighted by molar-refractivity contribution is -0.137.